The molecule has 0 atom stereocenters. The highest BCUT2D eigenvalue weighted by atomic mass is 16.7. The third-order valence-corrected chi connectivity index (χ3v) is 8.39. The standard InChI is InChI=1S/C39H62O3/c1-3-5-7-9-11-13-15-17-19-21-23-25-35-27-31-37(32-28-35)41-39(40)42-38-33-29-36(30-34-38)26-24-22-20-18-16-14-12-10-8-6-4-2/h27-34H,3-26H2,1-2H3. The molecular formula is C39H62O3. The van der Waals surface area contributed by atoms with Gasteiger partial charge in [-0.2, -0.15) is 0 Å². The van der Waals surface area contributed by atoms with E-state index in [1.165, 1.54) is 152 Å². The topological polar surface area (TPSA) is 35.5 Å². The lowest BCUT2D eigenvalue weighted by Gasteiger charge is -2.08. The minimum Gasteiger partial charge on any atom is -0.395 e. The van der Waals surface area contributed by atoms with Gasteiger partial charge in [-0.1, -0.05) is 167 Å². The van der Waals surface area contributed by atoms with Gasteiger partial charge >= 0.3 is 6.16 Å². The highest BCUT2D eigenvalue weighted by Crippen LogP contribution is 2.19. The second-order valence-electron chi connectivity index (χ2n) is 12.3. The Balaban J connectivity index is 1.50. The van der Waals surface area contributed by atoms with Crippen molar-refractivity contribution in [1.29, 1.82) is 0 Å². The van der Waals surface area contributed by atoms with Gasteiger partial charge in [0.25, 0.3) is 0 Å². The van der Waals surface area contributed by atoms with Gasteiger partial charge in [-0.25, -0.2) is 4.79 Å². The van der Waals surface area contributed by atoms with E-state index in [9.17, 15) is 4.79 Å². The summed E-state index contributed by atoms with van der Waals surface area (Å²) >= 11 is 0. The van der Waals surface area contributed by atoms with Crippen molar-refractivity contribution in [1.82, 2.24) is 0 Å². The van der Waals surface area contributed by atoms with E-state index in [-0.39, 0.29) is 0 Å². The molecular weight excluding hydrogens is 516 g/mol. The SMILES string of the molecule is CCCCCCCCCCCCCc1ccc(OC(=O)Oc2ccc(CCCCCCCCCCCCC)cc2)cc1. The Labute approximate surface area is 259 Å². The number of hydrogen-bond acceptors (Lipinski definition) is 3. The highest BCUT2D eigenvalue weighted by Gasteiger charge is 2.08. The van der Waals surface area contributed by atoms with Gasteiger partial charge in [0, 0.05) is 0 Å². The van der Waals surface area contributed by atoms with Gasteiger partial charge in [0.1, 0.15) is 11.5 Å². The van der Waals surface area contributed by atoms with E-state index in [0.717, 1.165) is 12.8 Å². The average Bonchev–Trinajstić information content (AvgIpc) is 3.00. The summed E-state index contributed by atoms with van der Waals surface area (Å²) in [6.45, 7) is 4.55. The lowest BCUT2D eigenvalue weighted by molar-refractivity contribution is 0.152. The third kappa shape index (κ3) is 19.0. The van der Waals surface area contributed by atoms with Crippen LogP contribution in [0.3, 0.4) is 0 Å². The van der Waals surface area contributed by atoms with E-state index in [2.05, 4.69) is 38.1 Å². The second-order valence-corrected chi connectivity index (χ2v) is 12.3. The summed E-state index contributed by atoms with van der Waals surface area (Å²) in [6, 6.07) is 15.7. The van der Waals surface area contributed by atoms with Gasteiger partial charge in [-0.05, 0) is 61.1 Å². The first-order chi connectivity index (χ1) is 20.7. The molecule has 0 saturated carbocycles. The molecule has 236 valence electrons. The van der Waals surface area contributed by atoms with Gasteiger partial charge in [0.2, 0.25) is 0 Å². The van der Waals surface area contributed by atoms with Gasteiger partial charge < -0.3 is 9.47 Å². The predicted molar refractivity (Wildman–Crippen MR) is 180 cm³/mol. The van der Waals surface area contributed by atoms with Crippen molar-refractivity contribution < 1.29 is 14.3 Å². The Kier molecular flexibility index (Phi) is 21.6. The van der Waals surface area contributed by atoms with Crippen LogP contribution in [0.15, 0.2) is 48.5 Å². The number of aryl methyl sites for hydroxylation is 2. The van der Waals surface area contributed by atoms with Crippen molar-refractivity contribution in [3.63, 3.8) is 0 Å². The number of hydrogen-bond donors (Lipinski definition) is 0. The van der Waals surface area contributed by atoms with Crippen molar-refractivity contribution in [3.8, 4) is 11.5 Å². The molecule has 0 unspecified atom stereocenters. The maximum Gasteiger partial charge on any atom is 0.519 e. The molecule has 0 aliphatic heterocycles. The molecule has 0 aliphatic carbocycles. The Morgan fingerprint density at radius 3 is 0.952 bits per heavy atom. The summed E-state index contributed by atoms with van der Waals surface area (Å²) < 4.78 is 10.8. The highest BCUT2D eigenvalue weighted by molar-refractivity contribution is 5.67. The molecule has 0 bridgehead atoms. The lowest BCUT2D eigenvalue weighted by Crippen LogP contribution is -2.13. The number of benzene rings is 2. The number of unbranched alkanes of at least 4 members (excludes halogenated alkanes) is 20. The van der Waals surface area contributed by atoms with Crippen LogP contribution in [-0.4, -0.2) is 6.16 Å². The van der Waals surface area contributed by atoms with E-state index in [1.54, 1.807) is 0 Å². The van der Waals surface area contributed by atoms with Crippen LogP contribution in [-0.2, 0) is 12.8 Å². The zero-order valence-corrected chi connectivity index (χ0v) is 27.3. The first-order valence-electron chi connectivity index (χ1n) is 17.8. The molecule has 2 aromatic rings. The quantitative estimate of drug-likeness (QED) is 0.0632. The van der Waals surface area contributed by atoms with Crippen LogP contribution in [0, 0.1) is 0 Å². The van der Waals surface area contributed by atoms with Crippen molar-refractivity contribution in [2.45, 2.75) is 168 Å². The smallest absolute Gasteiger partial charge is 0.395 e. The summed E-state index contributed by atoms with van der Waals surface area (Å²) in [7, 11) is 0. The van der Waals surface area contributed by atoms with Gasteiger partial charge in [0.05, 0.1) is 0 Å². The summed E-state index contributed by atoms with van der Waals surface area (Å²) in [4.78, 5) is 12.3. The maximum atomic E-state index is 12.3. The first kappa shape index (κ1) is 35.9. The Morgan fingerprint density at radius 1 is 0.405 bits per heavy atom. The van der Waals surface area contributed by atoms with Gasteiger partial charge in [0.15, 0.2) is 0 Å². The van der Waals surface area contributed by atoms with Crippen LogP contribution in [0.2, 0.25) is 0 Å². The van der Waals surface area contributed by atoms with E-state index in [1.807, 2.05) is 24.3 Å². The lowest BCUT2D eigenvalue weighted by atomic mass is 10.0. The Bertz CT molecular complexity index is 813. The molecule has 0 heterocycles. The molecule has 42 heavy (non-hydrogen) atoms. The van der Waals surface area contributed by atoms with Crippen LogP contribution < -0.4 is 9.47 Å². The predicted octanol–water partition coefficient (Wildman–Crippen LogP) is 13.0. The molecule has 0 amide bonds. The molecule has 0 fully saturated rings. The largest absolute Gasteiger partial charge is 0.519 e. The summed E-state index contributed by atoms with van der Waals surface area (Å²) in [6.07, 6.45) is 31.4. The number of carbonyl (C=O) groups is 1. The Morgan fingerprint density at radius 2 is 0.667 bits per heavy atom. The third-order valence-electron chi connectivity index (χ3n) is 8.39. The minimum atomic E-state index is -0.689. The molecule has 3 heteroatoms. The van der Waals surface area contributed by atoms with Crippen LogP contribution in [0.5, 0.6) is 11.5 Å². The molecule has 0 radical (unpaired) electrons. The number of rotatable bonds is 26. The molecule has 0 saturated heterocycles. The fraction of sp³-hybridized carbons (Fsp3) is 0.667. The van der Waals surface area contributed by atoms with Gasteiger partial charge in [-0.3, -0.25) is 0 Å². The summed E-state index contributed by atoms with van der Waals surface area (Å²) in [5.74, 6) is 1.05. The van der Waals surface area contributed by atoms with Crippen LogP contribution >= 0.6 is 0 Å². The Hall–Kier alpha value is -2.29. The normalized spacial score (nSPS) is 11.1. The second kappa shape index (κ2) is 25.2. The monoisotopic (exact) mass is 578 g/mol. The van der Waals surface area contributed by atoms with E-state index >= 15 is 0 Å². The van der Waals surface area contributed by atoms with Crippen molar-refractivity contribution in [2.75, 3.05) is 0 Å². The molecule has 0 N–H and O–H groups in total. The van der Waals surface area contributed by atoms with Crippen molar-refractivity contribution in [2.24, 2.45) is 0 Å². The summed E-state index contributed by atoms with van der Waals surface area (Å²) in [5.41, 5.74) is 2.58. The average molecular weight is 579 g/mol. The zero-order valence-electron chi connectivity index (χ0n) is 27.3. The summed E-state index contributed by atoms with van der Waals surface area (Å²) in [5, 5.41) is 0. The van der Waals surface area contributed by atoms with Crippen LogP contribution in [0.25, 0.3) is 0 Å². The number of ether oxygens (including phenoxy) is 2. The zero-order chi connectivity index (χ0) is 29.9. The van der Waals surface area contributed by atoms with E-state index in [0.29, 0.717) is 11.5 Å². The van der Waals surface area contributed by atoms with Gasteiger partial charge in [-0.15, -0.1) is 0 Å². The fourth-order valence-corrected chi connectivity index (χ4v) is 5.65. The molecule has 0 aliphatic rings. The van der Waals surface area contributed by atoms with Crippen LogP contribution in [0.1, 0.15) is 166 Å². The molecule has 0 aromatic heterocycles. The molecule has 3 nitrogen and oxygen atoms in total. The fourth-order valence-electron chi connectivity index (χ4n) is 5.65. The van der Waals surface area contributed by atoms with Crippen molar-refractivity contribution in [3.05, 3.63) is 59.7 Å². The minimum absolute atomic E-state index is 0.524. The number of carbonyl (C=O) groups excluding carboxylic acids is 1. The van der Waals surface area contributed by atoms with Crippen LogP contribution in [0.4, 0.5) is 4.79 Å². The molecule has 2 aromatic carbocycles. The molecule has 2 rings (SSSR count). The van der Waals surface area contributed by atoms with Crippen molar-refractivity contribution >= 4 is 6.16 Å². The maximum absolute atomic E-state index is 12.3. The molecule has 0 spiro atoms. The van der Waals surface area contributed by atoms with E-state index < -0.39 is 6.16 Å². The first-order valence-corrected chi connectivity index (χ1v) is 17.8. The van der Waals surface area contributed by atoms with E-state index in [4.69, 9.17) is 9.47 Å².